The number of hydrogen-bond acceptors (Lipinski definition) is 4. The standard InChI is InChI=1S/C28H36N2O5/c1-30(19-11-9-17-27(32)33)26(31)16-4-2-3-10-18-29-28(34)35-20-25-23-14-7-5-12-21(23)22-13-6-8-15-24(22)25/h5-8,12-15,25H,2-4,9-11,16-20H2,1H3,(H,29,34)(H,32,33). The maximum absolute atomic E-state index is 12.2. The van der Waals surface area contributed by atoms with Crippen LogP contribution in [0.1, 0.15) is 68.4 Å². The van der Waals surface area contributed by atoms with Crippen LogP contribution in [0.2, 0.25) is 0 Å². The van der Waals surface area contributed by atoms with Gasteiger partial charge in [-0.2, -0.15) is 0 Å². The Morgan fingerprint density at radius 3 is 2.11 bits per heavy atom. The molecule has 0 aliphatic heterocycles. The molecule has 3 rings (SSSR count). The van der Waals surface area contributed by atoms with E-state index in [2.05, 4.69) is 29.6 Å². The number of alkyl carbamates (subject to hydrolysis) is 1. The Kier molecular flexibility index (Phi) is 10.1. The van der Waals surface area contributed by atoms with Crippen LogP contribution in [0.4, 0.5) is 4.79 Å². The predicted octanol–water partition coefficient (Wildman–Crippen LogP) is 5.19. The monoisotopic (exact) mass is 480 g/mol. The van der Waals surface area contributed by atoms with Gasteiger partial charge in [0.2, 0.25) is 5.91 Å². The van der Waals surface area contributed by atoms with Gasteiger partial charge in [0, 0.05) is 38.9 Å². The van der Waals surface area contributed by atoms with Crippen LogP contribution in [-0.4, -0.2) is 54.7 Å². The first-order chi connectivity index (χ1) is 17.0. The van der Waals surface area contributed by atoms with E-state index >= 15 is 0 Å². The molecule has 35 heavy (non-hydrogen) atoms. The fraction of sp³-hybridized carbons (Fsp3) is 0.464. The lowest BCUT2D eigenvalue weighted by atomic mass is 9.98. The number of unbranched alkanes of at least 4 members (excludes halogenated alkanes) is 4. The van der Waals surface area contributed by atoms with Crippen molar-refractivity contribution in [2.24, 2.45) is 0 Å². The van der Waals surface area contributed by atoms with E-state index in [0.29, 0.717) is 39.0 Å². The average molecular weight is 481 g/mol. The summed E-state index contributed by atoms with van der Waals surface area (Å²) in [4.78, 5) is 36.5. The molecule has 2 aromatic rings. The minimum atomic E-state index is -0.799. The van der Waals surface area contributed by atoms with Gasteiger partial charge in [0.1, 0.15) is 6.61 Å². The van der Waals surface area contributed by atoms with E-state index < -0.39 is 12.1 Å². The molecule has 0 saturated carbocycles. The molecule has 0 unspecified atom stereocenters. The number of nitrogens with one attached hydrogen (secondary N) is 1. The second kappa shape index (κ2) is 13.5. The van der Waals surface area contributed by atoms with Crippen LogP contribution in [-0.2, 0) is 14.3 Å². The number of carboxylic acids is 1. The van der Waals surface area contributed by atoms with Crippen LogP contribution >= 0.6 is 0 Å². The molecule has 1 aliphatic rings. The highest BCUT2D eigenvalue weighted by molar-refractivity contribution is 5.79. The highest BCUT2D eigenvalue weighted by Crippen LogP contribution is 2.44. The number of carbonyl (C=O) groups excluding carboxylic acids is 2. The van der Waals surface area contributed by atoms with Crippen molar-refractivity contribution in [1.29, 1.82) is 0 Å². The number of aliphatic carboxylic acids is 1. The smallest absolute Gasteiger partial charge is 0.407 e. The molecule has 2 aromatic carbocycles. The van der Waals surface area contributed by atoms with Gasteiger partial charge < -0.3 is 20.1 Å². The van der Waals surface area contributed by atoms with E-state index in [9.17, 15) is 14.4 Å². The predicted molar refractivity (Wildman–Crippen MR) is 135 cm³/mol. The molecule has 0 fully saturated rings. The van der Waals surface area contributed by atoms with Gasteiger partial charge in [-0.15, -0.1) is 0 Å². The Morgan fingerprint density at radius 1 is 0.857 bits per heavy atom. The maximum Gasteiger partial charge on any atom is 0.407 e. The molecule has 0 heterocycles. The SMILES string of the molecule is CN(CCCCC(=O)O)C(=O)CCCCCCNC(=O)OCC1c2ccccc2-c2ccccc21. The Balaban J connectivity index is 1.26. The summed E-state index contributed by atoms with van der Waals surface area (Å²) in [6, 6.07) is 16.5. The van der Waals surface area contributed by atoms with Crippen molar-refractivity contribution in [2.75, 3.05) is 26.7 Å². The number of fused-ring (bicyclic) bond motifs is 3. The minimum absolute atomic E-state index is 0.0565. The second-order valence-corrected chi connectivity index (χ2v) is 9.08. The van der Waals surface area contributed by atoms with E-state index in [1.165, 1.54) is 22.3 Å². The van der Waals surface area contributed by atoms with Crippen molar-refractivity contribution < 1.29 is 24.2 Å². The zero-order chi connectivity index (χ0) is 25.0. The average Bonchev–Trinajstić information content (AvgIpc) is 3.18. The Labute approximate surface area is 207 Å². The molecule has 0 bridgehead atoms. The highest BCUT2D eigenvalue weighted by atomic mass is 16.5. The number of rotatable bonds is 14. The maximum atomic E-state index is 12.2. The summed E-state index contributed by atoms with van der Waals surface area (Å²) in [5, 5.41) is 11.5. The lowest BCUT2D eigenvalue weighted by Crippen LogP contribution is -2.27. The molecule has 0 aromatic heterocycles. The normalized spacial score (nSPS) is 12.0. The molecule has 2 amide bonds. The summed E-state index contributed by atoms with van der Waals surface area (Å²) in [6.07, 6.45) is 5.03. The van der Waals surface area contributed by atoms with E-state index in [-0.39, 0.29) is 18.2 Å². The van der Waals surface area contributed by atoms with E-state index in [1.807, 2.05) is 24.3 Å². The molecular formula is C28H36N2O5. The third-order valence-corrected chi connectivity index (χ3v) is 6.49. The first kappa shape index (κ1) is 26.3. The Bertz CT molecular complexity index is 961. The molecule has 0 spiro atoms. The number of nitrogens with zero attached hydrogens (tertiary/aromatic N) is 1. The van der Waals surface area contributed by atoms with E-state index in [0.717, 1.165) is 25.7 Å². The van der Waals surface area contributed by atoms with Gasteiger partial charge in [0.05, 0.1) is 0 Å². The third kappa shape index (κ3) is 7.84. The molecule has 188 valence electrons. The molecular weight excluding hydrogens is 444 g/mol. The van der Waals surface area contributed by atoms with Gasteiger partial charge >= 0.3 is 12.1 Å². The van der Waals surface area contributed by atoms with E-state index in [4.69, 9.17) is 9.84 Å². The van der Waals surface area contributed by atoms with Crippen LogP contribution in [0.5, 0.6) is 0 Å². The summed E-state index contributed by atoms with van der Waals surface area (Å²) in [5.74, 6) is -0.648. The molecule has 2 N–H and O–H groups in total. The van der Waals surface area contributed by atoms with Crippen LogP contribution in [0, 0.1) is 0 Å². The largest absolute Gasteiger partial charge is 0.481 e. The summed E-state index contributed by atoms with van der Waals surface area (Å²) in [7, 11) is 1.77. The number of carboxylic acid groups (broad SMARTS) is 1. The van der Waals surface area contributed by atoms with Crippen LogP contribution in [0.25, 0.3) is 11.1 Å². The Morgan fingerprint density at radius 2 is 1.46 bits per heavy atom. The van der Waals surface area contributed by atoms with Crippen LogP contribution in [0.15, 0.2) is 48.5 Å². The fourth-order valence-corrected chi connectivity index (χ4v) is 4.54. The van der Waals surface area contributed by atoms with Crippen molar-refractivity contribution in [3.8, 4) is 11.1 Å². The van der Waals surface area contributed by atoms with Crippen LogP contribution < -0.4 is 5.32 Å². The summed E-state index contributed by atoms with van der Waals surface area (Å²) in [6.45, 7) is 1.45. The zero-order valence-corrected chi connectivity index (χ0v) is 20.5. The van der Waals surface area contributed by atoms with Gasteiger partial charge in [-0.05, 0) is 47.9 Å². The second-order valence-electron chi connectivity index (χ2n) is 9.08. The molecule has 7 nitrogen and oxygen atoms in total. The van der Waals surface area contributed by atoms with Crippen molar-refractivity contribution in [2.45, 2.75) is 57.3 Å². The van der Waals surface area contributed by atoms with Gasteiger partial charge in [0.15, 0.2) is 0 Å². The van der Waals surface area contributed by atoms with Crippen molar-refractivity contribution in [3.63, 3.8) is 0 Å². The van der Waals surface area contributed by atoms with Gasteiger partial charge in [-0.1, -0.05) is 61.4 Å². The first-order valence-electron chi connectivity index (χ1n) is 12.5. The summed E-state index contributed by atoms with van der Waals surface area (Å²) < 4.78 is 5.55. The molecule has 7 heteroatoms. The molecule has 1 aliphatic carbocycles. The number of carbonyl (C=O) groups is 3. The van der Waals surface area contributed by atoms with Gasteiger partial charge in [0.25, 0.3) is 0 Å². The third-order valence-electron chi connectivity index (χ3n) is 6.49. The Hall–Kier alpha value is -3.35. The van der Waals surface area contributed by atoms with Gasteiger partial charge in [-0.25, -0.2) is 4.79 Å². The molecule has 0 radical (unpaired) electrons. The summed E-state index contributed by atoms with van der Waals surface area (Å²) in [5.41, 5.74) is 4.81. The number of amides is 2. The quantitative estimate of drug-likeness (QED) is 0.363. The minimum Gasteiger partial charge on any atom is -0.481 e. The number of ether oxygens (including phenoxy) is 1. The molecule has 0 saturated heterocycles. The number of hydrogen-bond donors (Lipinski definition) is 2. The fourth-order valence-electron chi connectivity index (χ4n) is 4.54. The van der Waals surface area contributed by atoms with Crippen molar-refractivity contribution in [1.82, 2.24) is 10.2 Å². The topological polar surface area (TPSA) is 95.9 Å². The van der Waals surface area contributed by atoms with Crippen molar-refractivity contribution >= 4 is 18.0 Å². The summed E-state index contributed by atoms with van der Waals surface area (Å²) >= 11 is 0. The molecule has 0 atom stereocenters. The zero-order valence-electron chi connectivity index (χ0n) is 20.5. The van der Waals surface area contributed by atoms with Crippen molar-refractivity contribution in [3.05, 3.63) is 59.7 Å². The highest BCUT2D eigenvalue weighted by Gasteiger charge is 2.28. The first-order valence-corrected chi connectivity index (χ1v) is 12.5. The van der Waals surface area contributed by atoms with Gasteiger partial charge in [-0.3, -0.25) is 9.59 Å². The lowest BCUT2D eigenvalue weighted by Gasteiger charge is -2.16. The lowest BCUT2D eigenvalue weighted by molar-refractivity contribution is -0.137. The van der Waals surface area contributed by atoms with E-state index in [1.54, 1.807) is 11.9 Å². The van der Waals surface area contributed by atoms with Crippen LogP contribution in [0.3, 0.4) is 0 Å². The number of benzene rings is 2.